The number of benzene rings is 1. The Labute approximate surface area is 205 Å². The van der Waals surface area contributed by atoms with E-state index in [2.05, 4.69) is 64.4 Å². The highest BCUT2D eigenvalue weighted by atomic mass is 127. The van der Waals surface area contributed by atoms with Crippen molar-refractivity contribution in [1.29, 1.82) is 0 Å². The van der Waals surface area contributed by atoms with Gasteiger partial charge in [-0.1, -0.05) is 19.1 Å². The number of halogens is 1. The molecule has 0 amide bonds. The van der Waals surface area contributed by atoms with E-state index in [0.29, 0.717) is 19.2 Å². The number of piperazine rings is 1. The first kappa shape index (κ1) is 26.2. The van der Waals surface area contributed by atoms with Gasteiger partial charge in [-0.2, -0.15) is 0 Å². The Balaban J connectivity index is 0.00000341. The van der Waals surface area contributed by atoms with E-state index in [1.54, 1.807) is 0 Å². The number of hydrogen-bond acceptors (Lipinski definition) is 5. The molecular formula is C23H40IN5O2. The fourth-order valence-electron chi connectivity index (χ4n) is 4.00. The van der Waals surface area contributed by atoms with E-state index < -0.39 is 0 Å². The number of rotatable bonds is 8. The van der Waals surface area contributed by atoms with E-state index in [-0.39, 0.29) is 30.1 Å². The molecule has 2 fully saturated rings. The van der Waals surface area contributed by atoms with Crippen LogP contribution in [0.1, 0.15) is 31.4 Å². The van der Waals surface area contributed by atoms with Crippen LogP contribution in [0.4, 0.5) is 0 Å². The van der Waals surface area contributed by atoms with E-state index in [9.17, 15) is 0 Å². The molecule has 2 unspecified atom stereocenters. The van der Waals surface area contributed by atoms with E-state index in [1.165, 1.54) is 5.56 Å². The second kappa shape index (κ2) is 13.4. The van der Waals surface area contributed by atoms with Crippen LogP contribution in [-0.4, -0.2) is 87.4 Å². The smallest absolute Gasteiger partial charge is 0.191 e. The Morgan fingerprint density at radius 2 is 2.03 bits per heavy atom. The highest BCUT2D eigenvalue weighted by molar-refractivity contribution is 14.0. The summed E-state index contributed by atoms with van der Waals surface area (Å²) in [5, 5.41) is 6.93. The number of ether oxygens (including phenoxy) is 2. The quantitative estimate of drug-likeness (QED) is 0.298. The van der Waals surface area contributed by atoms with Gasteiger partial charge in [0.15, 0.2) is 5.96 Å². The molecule has 2 N–H and O–H groups in total. The maximum atomic E-state index is 6.21. The second-order valence-electron chi connectivity index (χ2n) is 8.34. The van der Waals surface area contributed by atoms with Gasteiger partial charge >= 0.3 is 0 Å². The molecule has 2 aliphatic rings. The molecule has 2 aliphatic heterocycles. The van der Waals surface area contributed by atoms with E-state index in [1.807, 2.05) is 7.05 Å². The van der Waals surface area contributed by atoms with Crippen molar-refractivity contribution in [1.82, 2.24) is 20.4 Å². The molecule has 3 rings (SSSR count). The maximum absolute atomic E-state index is 6.21. The minimum Gasteiger partial charge on any atom is -0.488 e. The van der Waals surface area contributed by atoms with Crippen LogP contribution in [0.15, 0.2) is 23.2 Å². The molecule has 31 heavy (non-hydrogen) atoms. The SMILES string of the molecule is CCN1CCN(C(C)CNC(=NC)NCc2ccc(C)cc2OC2CCOC2)CC1.I. The van der Waals surface area contributed by atoms with Gasteiger partial charge < -0.3 is 25.0 Å². The molecule has 0 spiro atoms. The normalized spacial score (nSPS) is 21.4. The average Bonchev–Trinajstić information content (AvgIpc) is 3.28. The van der Waals surface area contributed by atoms with E-state index in [4.69, 9.17) is 9.47 Å². The van der Waals surface area contributed by atoms with Crippen LogP contribution in [0.5, 0.6) is 5.75 Å². The summed E-state index contributed by atoms with van der Waals surface area (Å²) in [7, 11) is 1.82. The van der Waals surface area contributed by atoms with Crippen LogP contribution in [0.25, 0.3) is 0 Å². The predicted octanol–water partition coefficient (Wildman–Crippen LogP) is 2.47. The van der Waals surface area contributed by atoms with Crippen molar-refractivity contribution in [2.75, 3.05) is 59.5 Å². The van der Waals surface area contributed by atoms with Crippen molar-refractivity contribution >= 4 is 29.9 Å². The van der Waals surface area contributed by atoms with Gasteiger partial charge in [-0.3, -0.25) is 9.89 Å². The number of likely N-dealkylation sites (N-methyl/N-ethyl adjacent to an activating group) is 1. The first-order valence-corrected chi connectivity index (χ1v) is 11.3. The van der Waals surface area contributed by atoms with E-state index in [0.717, 1.165) is 69.6 Å². The minimum absolute atomic E-state index is 0. The molecule has 0 aliphatic carbocycles. The molecule has 0 aromatic heterocycles. The largest absolute Gasteiger partial charge is 0.488 e. The van der Waals surface area contributed by atoms with Crippen LogP contribution in [0.2, 0.25) is 0 Å². The molecule has 0 bridgehead atoms. The molecule has 1 aromatic rings. The van der Waals surface area contributed by atoms with Gasteiger partial charge in [0.1, 0.15) is 11.9 Å². The Morgan fingerprint density at radius 1 is 1.26 bits per heavy atom. The summed E-state index contributed by atoms with van der Waals surface area (Å²) in [5.41, 5.74) is 2.34. The fraction of sp³-hybridized carbons (Fsp3) is 0.696. The Bertz CT molecular complexity index is 689. The predicted molar refractivity (Wildman–Crippen MR) is 138 cm³/mol. The molecule has 8 heteroatoms. The summed E-state index contributed by atoms with van der Waals surface area (Å²) < 4.78 is 11.7. The zero-order valence-electron chi connectivity index (χ0n) is 19.5. The van der Waals surface area contributed by atoms with Gasteiger partial charge in [-0.25, -0.2) is 0 Å². The summed E-state index contributed by atoms with van der Waals surface area (Å²) in [4.78, 5) is 9.47. The summed E-state index contributed by atoms with van der Waals surface area (Å²) in [6.45, 7) is 15.4. The van der Waals surface area contributed by atoms with Gasteiger partial charge in [0, 0.05) is 64.3 Å². The summed E-state index contributed by atoms with van der Waals surface area (Å²) in [6.07, 6.45) is 1.10. The number of guanidine groups is 1. The minimum atomic E-state index is 0. The van der Waals surface area contributed by atoms with Crippen molar-refractivity contribution in [2.24, 2.45) is 4.99 Å². The van der Waals surface area contributed by atoms with Gasteiger partial charge in [-0.15, -0.1) is 24.0 Å². The lowest BCUT2D eigenvalue weighted by Gasteiger charge is -2.37. The molecule has 2 atom stereocenters. The Hall–Kier alpha value is -1.10. The zero-order valence-corrected chi connectivity index (χ0v) is 21.9. The molecule has 0 radical (unpaired) electrons. The molecule has 2 saturated heterocycles. The van der Waals surface area contributed by atoms with Crippen molar-refractivity contribution in [3.8, 4) is 5.75 Å². The first-order valence-electron chi connectivity index (χ1n) is 11.3. The fourth-order valence-corrected chi connectivity index (χ4v) is 4.00. The van der Waals surface area contributed by atoms with Crippen molar-refractivity contribution in [3.63, 3.8) is 0 Å². The average molecular weight is 546 g/mol. The third-order valence-corrected chi connectivity index (χ3v) is 6.12. The summed E-state index contributed by atoms with van der Waals surface area (Å²) in [5.74, 6) is 1.76. The highest BCUT2D eigenvalue weighted by Gasteiger charge is 2.21. The third kappa shape index (κ3) is 8.07. The number of nitrogens with one attached hydrogen (secondary N) is 2. The van der Waals surface area contributed by atoms with Gasteiger partial charge in [0.2, 0.25) is 0 Å². The molecule has 2 heterocycles. The second-order valence-corrected chi connectivity index (χ2v) is 8.34. The molecule has 176 valence electrons. The van der Waals surface area contributed by atoms with Crippen LogP contribution in [0.3, 0.4) is 0 Å². The summed E-state index contributed by atoms with van der Waals surface area (Å²) >= 11 is 0. The number of hydrogen-bond donors (Lipinski definition) is 2. The number of aryl methyl sites for hydroxylation is 1. The molecule has 7 nitrogen and oxygen atoms in total. The highest BCUT2D eigenvalue weighted by Crippen LogP contribution is 2.23. The van der Waals surface area contributed by atoms with Gasteiger partial charge in [-0.05, 0) is 32.0 Å². The van der Waals surface area contributed by atoms with Crippen LogP contribution >= 0.6 is 24.0 Å². The van der Waals surface area contributed by atoms with Crippen molar-refractivity contribution in [2.45, 2.75) is 45.9 Å². The van der Waals surface area contributed by atoms with Crippen molar-refractivity contribution < 1.29 is 9.47 Å². The van der Waals surface area contributed by atoms with Crippen LogP contribution in [-0.2, 0) is 11.3 Å². The summed E-state index contributed by atoms with van der Waals surface area (Å²) in [6, 6.07) is 6.85. The Kier molecular flexibility index (Phi) is 11.3. The maximum Gasteiger partial charge on any atom is 0.191 e. The number of aliphatic imine (C=N–C) groups is 1. The van der Waals surface area contributed by atoms with E-state index >= 15 is 0 Å². The van der Waals surface area contributed by atoms with Crippen LogP contribution < -0.4 is 15.4 Å². The van der Waals surface area contributed by atoms with Gasteiger partial charge in [0.05, 0.1) is 13.2 Å². The van der Waals surface area contributed by atoms with Gasteiger partial charge in [0.25, 0.3) is 0 Å². The lowest BCUT2D eigenvalue weighted by molar-refractivity contribution is 0.107. The standard InChI is InChI=1S/C23H39N5O2.HI/c1-5-27-9-11-28(12-10-27)19(3)15-25-23(24-4)26-16-20-7-6-18(2)14-22(20)30-21-8-13-29-17-21;/h6-7,14,19,21H,5,8-13,15-17H2,1-4H3,(H2,24,25,26);1H. The molecule has 1 aromatic carbocycles. The van der Waals surface area contributed by atoms with Crippen molar-refractivity contribution in [3.05, 3.63) is 29.3 Å². The lowest BCUT2D eigenvalue weighted by Crippen LogP contribution is -2.53. The lowest BCUT2D eigenvalue weighted by atomic mass is 10.1. The molecular weight excluding hydrogens is 505 g/mol. The molecule has 0 saturated carbocycles. The number of nitrogens with zero attached hydrogens (tertiary/aromatic N) is 3. The third-order valence-electron chi connectivity index (χ3n) is 6.12. The zero-order chi connectivity index (χ0) is 21.3. The van der Waals surface area contributed by atoms with Crippen LogP contribution in [0, 0.1) is 6.92 Å². The Morgan fingerprint density at radius 3 is 2.68 bits per heavy atom. The monoisotopic (exact) mass is 545 g/mol. The topological polar surface area (TPSA) is 61.4 Å². The first-order chi connectivity index (χ1) is 14.6.